The molecule has 3 aromatic rings. The minimum absolute atomic E-state index is 0.0562. The van der Waals surface area contributed by atoms with E-state index in [0.717, 1.165) is 25.9 Å². The lowest BCUT2D eigenvalue weighted by Gasteiger charge is -2.35. The molecule has 15 heteroatoms. The normalized spacial score (nSPS) is 23.1. The van der Waals surface area contributed by atoms with Crippen molar-refractivity contribution in [2.75, 3.05) is 44.6 Å². The number of nitrogens with one attached hydrogen (secondary N) is 2. The summed E-state index contributed by atoms with van der Waals surface area (Å²) in [6, 6.07) is 4.43. The first-order chi connectivity index (χ1) is 21.0. The fourth-order valence-electron chi connectivity index (χ4n) is 6.43. The van der Waals surface area contributed by atoms with Gasteiger partial charge in [0, 0.05) is 51.0 Å². The molecular formula is C29H30ClF3N8O3. The predicted molar refractivity (Wildman–Crippen MR) is 153 cm³/mol. The summed E-state index contributed by atoms with van der Waals surface area (Å²) < 4.78 is 43.8. The van der Waals surface area contributed by atoms with Crippen molar-refractivity contribution in [3.8, 4) is 11.3 Å². The van der Waals surface area contributed by atoms with Gasteiger partial charge in [-0.25, -0.2) is 4.98 Å². The highest BCUT2D eigenvalue weighted by Gasteiger charge is 2.58. The molecule has 2 aromatic heterocycles. The number of carbonyl (C=O) groups excluding carboxylic acids is 3. The molecular weight excluding hydrogens is 601 g/mol. The maximum absolute atomic E-state index is 13.7. The van der Waals surface area contributed by atoms with E-state index in [2.05, 4.69) is 20.7 Å². The second-order valence-corrected chi connectivity index (χ2v) is 12.3. The van der Waals surface area contributed by atoms with Crippen LogP contribution in [0.2, 0.25) is 5.02 Å². The first-order valence-corrected chi connectivity index (χ1v) is 15.0. The topological polar surface area (TPSA) is 117 Å². The quantitative estimate of drug-likeness (QED) is 0.432. The Hall–Kier alpha value is -3.91. The van der Waals surface area contributed by atoms with E-state index < -0.39 is 17.8 Å². The Morgan fingerprint density at radius 2 is 1.73 bits per heavy atom. The molecule has 232 valence electrons. The van der Waals surface area contributed by atoms with E-state index >= 15 is 0 Å². The van der Waals surface area contributed by atoms with Crippen molar-refractivity contribution in [2.24, 2.45) is 24.8 Å². The molecule has 11 nitrogen and oxygen atoms in total. The molecule has 3 amide bonds. The lowest BCUT2D eigenvalue weighted by atomic mass is 10.1. The Morgan fingerprint density at radius 1 is 1.05 bits per heavy atom. The van der Waals surface area contributed by atoms with Gasteiger partial charge in [-0.2, -0.15) is 18.3 Å². The summed E-state index contributed by atoms with van der Waals surface area (Å²) in [6.07, 6.45) is -0.574. The Balaban J connectivity index is 1.000. The monoisotopic (exact) mass is 630 g/mol. The van der Waals surface area contributed by atoms with Crippen molar-refractivity contribution >= 4 is 35.0 Å². The molecule has 0 unspecified atom stereocenters. The highest BCUT2D eigenvalue weighted by molar-refractivity contribution is 6.34. The van der Waals surface area contributed by atoms with Gasteiger partial charge < -0.3 is 25.0 Å². The third-order valence-electron chi connectivity index (χ3n) is 9.10. The summed E-state index contributed by atoms with van der Waals surface area (Å²) in [4.78, 5) is 46.8. The highest BCUT2D eigenvalue weighted by atomic mass is 35.5. The Morgan fingerprint density at radius 3 is 2.36 bits per heavy atom. The minimum Gasteiger partial charge on any atom is -0.339 e. The van der Waals surface area contributed by atoms with Crippen LogP contribution in [-0.4, -0.2) is 86.1 Å². The van der Waals surface area contributed by atoms with Crippen LogP contribution in [0, 0.1) is 17.8 Å². The maximum Gasteiger partial charge on any atom is 0.435 e. The second kappa shape index (κ2) is 10.6. The largest absolute Gasteiger partial charge is 0.435 e. The van der Waals surface area contributed by atoms with Crippen molar-refractivity contribution in [1.82, 2.24) is 34.4 Å². The zero-order valence-corrected chi connectivity index (χ0v) is 24.5. The lowest BCUT2D eigenvalue weighted by molar-refractivity contribution is -0.141. The maximum atomic E-state index is 13.7. The average Bonchev–Trinajstić information content (AvgIpc) is 3.78. The molecule has 2 N–H and O–H groups in total. The van der Waals surface area contributed by atoms with Gasteiger partial charge in [-0.1, -0.05) is 11.6 Å². The second-order valence-electron chi connectivity index (χ2n) is 11.9. The number of benzene rings is 1. The molecule has 0 spiro atoms. The number of amides is 3. The van der Waals surface area contributed by atoms with E-state index in [1.54, 1.807) is 4.90 Å². The summed E-state index contributed by atoms with van der Waals surface area (Å²) in [7, 11) is 1.46. The Kier molecular flexibility index (Phi) is 6.96. The number of alkyl halides is 3. The van der Waals surface area contributed by atoms with Crippen LogP contribution in [0.1, 0.15) is 45.6 Å². The zero-order valence-electron chi connectivity index (χ0n) is 23.8. The molecule has 2 saturated carbocycles. The fourth-order valence-corrected chi connectivity index (χ4v) is 6.70. The van der Waals surface area contributed by atoms with Crippen LogP contribution in [0.25, 0.3) is 11.3 Å². The lowest BCUT2D eigenvalue weighted by Crippen LogP contribution is -2.51. The van der Waals surface area contributed by atoms with E-state index in [4.69, 9.17) is 11.6 Å². The van der Waals surface area contributed by atoms with Crippen LogP contribution < -0.4 is 10.6 Å². The zero-order chi connectivity index (χ0) is 30.9. The van der Waals surface area contributed by atoms with Crippen molar-refractivity contribution in [1.29, 1.82) is 0 Å². The number of halogens is 4. The van der Waals surface area contributed by atoms with E-state index in [-0.39, 0.29) is 51.4 Å². The average molecular weight is 631 g/mol. The highest BCUT2D eigenvalue weighted by Crippen LogP contribution is 2.49. The number of piperidine rings is 1. The van der Waals surface area contributed by atoms with Crippen LogP contribution in [-0.2, 0) is 18.0 Å². The Labute approximate surface area is 255 Å². The van der Waals surface area contributed by atoms with Crippen LogP contribution in [0.4, 0.5) is 18.9 Å². The van der Waals surface area contributed by atoms with E-state index in [9.17, 15) is 27.6 Å². The van der Waals surface area contributed by atoms with Gasteiger partial charge in [0.15, 0.2) is 11.5 Å². The molecule has 0 bridgehead atoms. The number of hydrogen-bond acceptors (Lipinski definition) is 6. The van der Waals surface area contributed by atoms with Gasteiger partial charge in [0.2, 0.25) is 5.91 Å². The number of carbonyl (C=O) groups is 3. The number of fused-ring (bicyclic) bond motifs is 1. The minimum atomic E-state index is -4.67. The van der Waals surface area contributed by atoms with Gasteiger partial charge in [-0.3, -0.25) is 19.1 Å². The first-order valence-electron chi connectivity index (χ1n) is 14.6. The third-order valence-corrected chi connectivity index (χ3v) is 9.41. The van der Waals surface area contributed by atoms with Crippen LogP contribution in [0.3, 0.4) is 0 Å². The molecule has 4 aliphatic rings. The van der Waals surface area contributed by atoms with Gasteiger partial charge >= 0.3 is 6.18 Å². The predicted octanol–water partition coefficient (Wildman–Crippen LogP) is 3.29. The molecule has 2 aliphatic carbocycles. The van der Waals surface area contributed by atoms with Gasteiger partial charge in [-0.05, 0) is 56.0 Å². The summed E-state index contributed by atoms with van der Waals surface area (Å²) in [5.74, 6) is 0.138. The standard InChI is InChI=1S/C29H30ClF3N8O3/c1-38-22(20-14-41(16-3-4-16)37-24(20)29(31,32)33)13-35-25(38)26(42)36-15-2-5-17(21(30)10-15)27(43)39-6-8-40(9-7-39)28(44)23-18-11-34-12-19(18)23/h2,5,10,13-14,16,18-19,23,34H,3-4,6-9,11-12H2,1H3,(H,36,42)/t18-,19+,23+. The van der Waals surface area contributed by atoms with Gasteiger partial charge in [-0.15, -0.1) is 0 Å². The molecule has 4 fully saturated rings. The summed E-state index contributed by atoms with van der Waals surface area (Å²) in [6.45, 7) is 3.53. The summed E-state index contributed by atoms with van der Waals surface area (Å²) in [5, 5.41) is 9.85. The number of aromatic nitrogens is 4. The number of rotatable bonds is 6. The van der Waals surface area contributed by atoms with Crippen molar-refractivity contribution in [3.05, 3.63) is 52.7 Å². The van der Waals surface area contributed by atoms with Crippen molar-refractivity contribution in [2.45, 2.75) is 25.1 Å². The number of anilines is 1. The van der Waals surface area contributed by atoms with Crippen molar-refractivity contribution in [3.63, 3.8) is 0 Å². The van der Waals surface area contributed by atoms with Gasteiger partial charge in [0.25, 0.3) is 11.8 Å². The number of piperazine rings is 1. The summed E-state index contributed by atoms with van der Waals surface area (Å²) >= 11 is 6.46. The molecule has 3 atom stereocenters. The third kappa shape index (κ3) is 5.13. The van der Waals surface area contributed by atoms with Gasteiger partial charge in [0.1, 0.15) is 0 Å². The number of imidazole rings is 1. The van der Waals surface area contributed by atoms with Gasteiger partial charge in [0.05, 0.1) is 34.1 Å². The molecule has 1 aromatic carbocycles. The smallest absolute Gasteiger partial charge is 0.339 e. The Bertz CT molecular complexity index is 1650. The van der Waals surface area contributed by atoms with E-state index in [1.165, 1.54) is 46.9 Å². The molecule has 44 heavy (non-hydrogen) atoms. The summed E-state index contributed by atoms with van der Waals surface area (Å²) in [5.41, 5.74) is -0.520. The molecule has 2 aliphatic heterocycles. The molecule has 7 rings (SSSR count). The first kappa shape index (κ1) is 28.8. The fraction of sp³-hybridized carbons (Fsp3) is 0.483. The van der Waals surface area contributed by atoms with Crippen molar-refractivity contribution < 1.29 is 27.6 Å². The van der Waals surface area contributed by atoms with E-state index in [0.29, 0.717) is 43.7 Å². The van der Waals surface area contributed by atoms with Crippen LogP contribution in [0.5, 0.6) is 0 Å². The molecule has 4 heterocycles. The number of hydrogen-bond donors (Lipinski definition) is 2. The number of nitrogens with zero attached hydrogens (tertiary/aromatic N) is 6. The van der Waals surface area contributed by atoms with E-state index in [1.807, 2.05) is 4.90 Å². The molecule has 0 radical (unpaired) electrons. The van der Waals surface area contributed by atoms with Crippen LogP contribution >= 0.6 is 11.6 Å². The molecule has 2 saturated heterocycles. The van der Waals surface area contributed by atoms with Crippen LogP contribution in [0.15, 0.2) is 30.6 Å². The SMILES string of the molecule is Cn1c(-c2cn(C3CC3)nc2C(F)(F)F)cnc1C(=O)Nc1ccc(C(=O)N2CCN(C(=O)[C@H]3[C@@H]4CNC[C@@H]43)CC2)c(Cl)c1.